The van der Waals surface area contributed by atoms with Gasteiger partial charge >= 0.3 is 6.18 Å². The molecule has 0 aliphatic carbocycles. The zero-order valence-corrected chi connectivity index (χ0v) is 12.9. The smallest absolute Gasteiger partial charge is 0.314 e. The molecule has 0 aromatic heterocycles. The van der Waals surface area contributed by atoms with Gasteiger partial charge in [0.15, 0.2) is 0 Å². The number of piperazine rings is 1. The minimum atomic E-state index is -4.47. The van der Waals surface area contributed by atoms with Gasteiger partial charge in [-0.3, -0.25) is 4.90 Å². The fourth-order valence-electron chi connectivity index (χ4n) is 1.76. The van der Waals surface area contributed by atoms with Crippen molar-refractivity contribution in [3.63, 3.8) is 0 Å². The van der Waals surface area contributed by atoms with Crippen LogP contribution in [0, 0.1) is 0 Å². The lowest BCUT2D eigenvalue weighted by Gasteiger charge is -2.36. The second-order valence-corrected chi connectivity index (χ2v) is 6.45. The molecule has 122 valence electrons. The van der Waals surface area contributed by atoms with Gasteiger partial charge in [-0.15, -0.1) is 12.4 Å². The van der Waals surface area contributed by atoms with Crippen LogP contribution in [0.1, 0.15) is 0 Å². The van der Waals surface area contributed by atoms with Crippen molar-refractivity contribution in [1.29, 1.82) is 0 Å². The Balaban J connectivity index is 0.00000361. The Morgan fingerprint density at radius 2 is 1.80 bits per heavy atom. The monoisotopic (exact) mass is 340 g/mol. The molecular weight excluding hydrogens is 321 g/mol. The van der Waals surface area contributed by atoms with Gasteiger partial charge < -0.3 is 5.32 Å². The standard InChI is InChI=1S/C9H19F3N4O2S.ClH/c1-15(2)19(17,18)14-7-8(9(10,11)12)16-5-3-13-4-6-16;/h8,13-14H,3-7H2,1-2H3;1H. The van der Waals surface area contributed by atoms with Gasteiger partial charge in [-0.25, -0.2) is 4.72 Å². The summed E-state index contributed by atoms with van der Waals surface area (Å²) >= 11 is 0. The number of hydrogen-bond donors (Lipinski definition) is 2. The molecule has 1 saturated heterocycles. The quantitative estimate of drug-likeness (QED) is 0.717. The minimum Gasteiger partial charge on any atom is -0.314 e. The molecule has 0 aromatic rings. The molecule has 1 rings (SSSR count). The Labute approximate surface area is 123 Å². The fraction of sp³-hybridized carbons (Fsp3) is 1.00. The van der Waals surface area contributed by atoms with Crippen LogP contribution >= 0.6 is 12.4 Å². The van der Waals surface area contributed by atoms with Crippen LogP contribution in [0.25, 0.3) is 0 Å². The summed E-state index contributed by atoms with van der Waals surface area (Å²) in [6.07, 6.45) is -4.47. The SMILES string of the molecule is CN(C)S(=O)(=O)NCC(N1CCNCC1)C(F)(F)F.Cl. The zero-order valence-electron chi connectivity index (χ0n) is 11.3. The lowest BCUT2D eigenvalue weighted by molar-refractivity contribution is -0.182. The fourth-order valence-corrected chi connectivity index (χ4v) is 2.39. The molecule has 1 atom stereocenters. The maximum atomic E-state index is 13.0. The Hall–Kier alpha value is -0.130. The lowest BCUT2D eigenvalue weighted by atomic mass is 10.2. The van der Waals surface area contributed by atoms with Crippen LogP contribution in [0.2, 0.25) is 0 Å². The average Bonchev–Trinajstić information content (AvgIpc) is 2.28. The number of alkyl halides is 3. The first-order valence-electron chi connectivity index (χ1n) is 5.83. The van der Waals surface area contributed by atoms with Crippen molar-refractivity contribution >= 4 is 22.6 Å². The molecule has 0 saturated carbocycles. The summed E-state index contributed by atoms with van der Waals surface area (Å²) in [7, 11) is -1.33. The van der Waals surface area contributed by atoms with Crippen molar-refractivity contribution < 1.29 is 21.6 Å². The molecule has 1 unspecified atom stereocenters. The summed E-state index contributed by atoms with van der Waals surface area (Å²) in [5.41, 5.74) is 0. The molecule has 0 amide bonds. The predicted octanol–water partition coefficient (Wildman–Crippen LogP) is -0.360. The molecule has 6 nitrogen and oxygen atoms in total. The Kier molecular flexibility index (Phi) is 7.71. The first-order valence-corrected chi connectivity index (χ1v) is 7.27. The third-order valence-corrected chi connectivity index (χ3v) is 4.40. The largest absolute Gasteiger partial charge is 0.405 e. The first-order chi connectivity index (χ1) is 8.64. The van der Waals surface area contributed by atoms with Gasteiger partial charge in [-0.05, 0) is 0 Å². The lowest BCUT2D eigenvalue weighted by Crippen LogP contribution is -2.58. The van der Waals surface area contributed by atoms with Gasteiger partial charge in [0.2, 0.25) is 0 Å². The topological polar surface area (TPSA) is 64.7 Å². The molecule has 11 heteroatoms. The molecule has 0 radical (unpaired) electrons. The van der Waals surface area contributed by atoms with E-state index >= 15 is 0 Å². The molecule has 2 N–H and O–H groups in total. The van der Waals surface area contributed by atoms with E-state index in [1.54, 1.807) is 0 Å². The van der Waals surface area contributed by atoms with Gasteiger partial charge in [0.05, 0.1) is 0 Å². The molecule has 20 heavy (non-hydrogen) atoms. The van der Waals surface area contributed by atoms with Crippen LogP contribution in [0.3, 0.4) is 0 Å². The first kappa shape index (κ1) is 19.9. The van der Waals surface area contributed by atoms with E-state index < -0.39 is 29.0 Å². The highest BCUT2D eigenvalue weighted by Gasteiger charge is 2.44. The molecular formula is C9H20ClF3N4O2S. The predicted molar refractivity (Wildman–Crippen MR) is 72.1 cm³/mol. The van der Waals surface area contributed by atoms with Crippen molar-refractivity contribution in [2.45, 2.75) is 12.2 Å². The highest BCUT2D eigenvalue weighted by atomic mass is 35.5. The summed E-state index contributed by atoms with van der Waals surface area (Å²) < 4.78 is 64.7. The molecule has 1 aliphatic rings. The van der Waals surface area contributed by atoms with Crippen LogP contribution in [-0.2, 0) is 10.2 Å². The van der Waals surface area contributed by atoms with E-state index in [0.29, 0.717) is 13.1 Å². The van der Waals surface area contributed by atoms with E-state index in [0.717, 1.165) is 4.31 Å². The van der Waals surface area contributed by atoms with Crippen molar-refractivity contribution in [3.8, 4) is 0 Å². The number of hydrogen-bond acceptors (Lipinski definition) is 4. The molecule has 0 aromatic carbocycles. The summed E-state index contributed by atoms with van der Waals surface area (Å²) in [6.45, 7) is 0.742. The molecule has 0 bridgehead atoms. The highest BCUT2D eigenvalue weighted by Crippen LogP contribution is 2.24. The minimum absolute atomic E-state index is 0. The van der Waals surface area contributed by atoms with E-state index in [1.807, 2.05) is 4.72 Å². The van der Waals surface area contributed by atoms with E-state index in [9.17, 15) is 21.6 Å². The summed E-state index contributed by atoms with van der Waals surface area (Å²) in [6, 6.07) is -1.80. The van der Waals surface area contributed by atoms with E-state index in [1.165, 1.54) is 19.0 Å². The number of rotatable bonds is 5. The van der Waals surface area contributed by atoms with Crippen LogP contribution in [0.4, 0.5) is 13.2 Å². The summed E-state index contributed by atoms with van der Waals surface area (Å²) in [4.78, 5) is 1.24. The number of nitrogens with zero attached hydrogens (tertiary/aromatic N) is 2. The Bertz CT molecular complexity index is 385. The van der Waals surface area contributed by atoms with Crippen LogP contribution in [-0.4, -0.2) is 76.7 Å². The highest BCUT2D eigenvalue weighted by molar-refractivity contribution is 7.87. The van der Waals surface area contributed by atoms with Crippen LogP contribution < -0.4 is 10.0 Å². The van der Waals surface area contributed by atoms with Gasteiger partial charge in [-0.1, -0.05) is 0 Å². The van der Waals surface area contributed by atoms with E-state index in [-0.39, 0.29) is 25.5 Å². The number of nitrogens with one attached hydrogen (secondary N) is 2. The third kappa shape index (κ3) is 5.70. The second-order valence-electron chi connectivity index (χ2n) is 4.48. The van der Waals surface area contributed by atoms with Crippen molar-refractivity contribution in [2.24, 2.45) is 0 Å². The second kappa shape index (κ2) is 7.76. The normalized spacial score (nSPS) is 19.7. The van der Waals surface area contributed by atoms with Crippen molar-refractivity contribution in [1.82, 2.24) is 19.2 Å². The molecule has 1 aliphatic heterocycles. The van der Waals surface area contributed by atoms with Crippen LogP contribution in [0.15, 0.2) is 0 Å². The summed E-state index contributed by atoms with van der Waals surface area (Å²) in [5.74, 6) is 0. The van der Waals surface area contributed by atoms with E-state index in [4.69, 9.17) is 0 Å². The summed E-state index contributed by atoms with van der Waals surface area (Å²) in [5, 5.41) is 2.96. The van der Waals surface area contributed by atoms with Crippen molar-refractivity contribution in [3.05, 3.63) is 0 Å². The Morgan fingerprint density at radius 1 is 1.30 bits per heavy atom. The van der Waals surface area contributed by atoms with E-state index in [2.05, 4.69) is 5.32 Å². The van der Waals surface area contributed by atoms with Gasteiger partial charge in [0.25, 0.3) is 10.2 Å². The maximum absolute atomic E-state index is 13.0. The molecule has 0 spiro atoms. The van der Waals surface area contributed by atoms with Gasteiger partial charge in [0.1, 0.15) is 6.04 Å². The maximum Gasteiger partial charge on any atom is 0.405 e. The average molecular weight is 341 g/mol. The molecule has 1 heterocycles. The number of halogens is 4. The van der Waals surface area contributed by atoms with Gasteiger partial charge in [-0.2, -0.15) is 25.9 Å². The molecule has 1 fully saturated rings. The van der Waals surface area contributed by atoms with Crippen molar-refractivity contribution in [2.75, 3.05) is 46.8 Å². The Morgan fingerprint density at radius 3 is 2.20 bits per heavy atom. The van der Waals surface area contributed by atoms with Crippen LogP contribution in [0.5, 0.6) is 0 Å². The third-order valence-electron chi connectivity index (χ3n) is 2.91. The zero-order chi connectivity index (χ0) is 14.7. The van der Waals surface area contributed by atoms with Gasteiger partial charge in [0, 0.05) is 46.8 Å².